The van der Waals surface area contributed by atoms with Crippen LogP contribution in [0.4, 0.5) is 5.82 Å². The number of hydrogen-bond donors (Lipinski definition) is 2. The van der Waals surface area contributed by atoms with Gasteiger partial charge in [-0.3, -0.25) is 0 Å². The van der Waals surface area contributed by atoms with E-state index in [-0.39, 0.29) is 0 Å². The van der Waals surface area contributed by atoms with Crippen molar-refractivity contribution in [3.05, 3.63) is 23.9 Å². The molecule has 1 rings (SSSR count). The van der Waals surface area contributed by atoms with Crippen molar-refractivity contribution >= 4 is 5.82 Å². The van der Waals surface area contributed by atoms with Gasteiger partial charge in [-0.05, 0) is 38.9 Å². The Morgan fingerprint density at radius 3 is 2.88 bits per heavy atom. The van der Waals surface area contributed by atoms with Gasteiger partial charge < -0.3 is 15.3 Å². The van der Waals surface area contributed by atoms with Crippen LogP contribution in [0.15, 0.2) is 18.3 Å². The summed E-state index contributed by atoms with van der Waals surface area (Å²) in [6.45, 7) is 2.26. The second-order valence-corrected chi connectivity index (χ2v) is 4.28. The van der Waals surface area contributed by atoms with E-state index in [9.17, 15) is 0 Å². The van der Waals surface area contributed by atoms with Crippen molar-refractivity contribution in [2.75, 3.05) is 32.6 Å². The summed E-state index contributed by atoms with van der Waals surface area (Å²) in [6, 6.07) is 4.07. The molecule has 0 radical (unpaired) electrons. The molecule has 0 saturated heterocycles. The molecule has 0 aromatic carbocycles. The summed E-state index contributed by atoms with van der Waals surface area (Å²) in [6.07, 6.45) is 4.93. The molecule has 4 heteroatoms. The predicted molar refractivity (Wildman–Crippen MR) is 71.1 cm³/mol. The number of pyridine rings is 1. The van der Waals surface area contributed by atoms with Gasteiger partial charge in [-0.2, -0.15) is 0 Å². The molecule has 96 valence electrons. The number of aliphatic hydroxyl groups is 1. The lowest BCUT2D eigenvalue weighted by Gasteiger charge is -2.18. The van der Waals surface area contributed by atoms with Crippen LogP contribution in [0.2, 0.25) is 0 Å². The van der Waals surface area contributed by atoms with Gasteiger partial charge in [0.1, 0.15) is 5.82 Å². The first-order chi connectivity index (χ1) is 8.27. The molecule has 0 aliphatic heterocycles. The quantitative estimate of drug-likeness (QED) is 0.676. The van der Waals surface area contributed by atoms with E-state index in [0.717, 1.165) is 38.2 Å². The highest BCUT2D eigenvalue weighted by Crippen LogP contribution is 2.13. The molecule has 0 amide bonds. The fourth-order valence-corrected chi connectivity index (χ4v) is 1.83. The van der Waals surface area contributed by atoms with Crippen molar-refractivity contribution in [1.82, 2.24) is 9.88 Å². The second-order valence-electron chi connectivity index (χ2n) is 4.28. The maximum Gasteiger partial charge on any atom is 0.130 e. The fourth-order valence-electron chi connectivity index (χ4n) is 1.83. The fraction of sp³-hybridized carbons (Fsp3) is 0.615. The van der Waals surface area contributed by atoms with Gasteiger partial charge in [0, 0.05) is 32.0 Å². The van der Waals surface area contributed by atoms with Gasteiger partial charge in [0.25, 0.3) is 0 Å². The molecule has 0 aliphatic rings. The number of aromatic nitrogens is 1. The number of nitrogens with zero attached hydrogens (tertiary/aromatic N) is 2. The molecule has 0 atom stereocenters. The van der Waals surface area contributed by atoms with Crippen molar-refractivity contribution in [3.8, 4) is 0 Å². The topological polar surface area (TPSA) is 48.4 Å². The minimum atomic E-state index is 0.302. The minimum Gasteiger partial charge on any atom is -0.396 e. The molecule has 1 aromatic heterocycles. The first-order valence-electron chi connectivity index (χ1n) is 6.19. The van der Waals surface area contributed by atoms with Gasteiger partial charge in [-0.15, -0.1) is 0 Å². The Labute approximate surface area is 104 Å². The summed E-state index contributed by atoms with van der Waals surface area (Å²) in [5.41, 5.74) is 1.22. The normalized spacial score (nSPS) is 10.8. The van der Waals surface area contributed by atoms with Crippen LogP contribution in [-0.4, -0.2) is 42.2 Å². The third kappa shape index (κ3) is 5.15. The van der Waals surface area contributed by atoms with E-state index in [2.05, 4.69) is 28.3 Å². The predicted octanol–water partition coefficient (Wildman–Crippen LogP) is 1.72. The largest absolute Gasteiger partial charge is 0.396 e. The van der Waals surface area contributed by atoms with E-state index in [1.807, 2.05) is 13.1 Å². The van der Waals surface area contributed by atoms with E-state index in [1.54, 1.807) is 6.20 Å². The lowest BCUT2D eigenvalue weighted by molar-refractivity contribution is 0.271. The summed E-state index contributed by atoms with van der Waals surface area (Å²) in [5.74, 6) is 0.953. The van der Waals surface area contributed by atoms with Crippen LogP contribution in [0.3, 0.4) is 0 Å². The SMILES string of the molecule is CNc1ncccc1CN(C)CCCCCO. The smallest absolute Gasteiger partial charge is 0.130 e. The molecule has 0 saturated carbocycles. The zero-order valence-corrected chi connectivity index (χ0v) is 10.8. The Bertz CT molecular complexity index is 317. The van der Waals surface area contributed by atoms with Crippen molar-refractivity contribution in [1.29, 1.82) is 0 Å². The van der Waals surface area contributed by atoms with Crippen LogP contribution >= 0.6 is 0 Å². The van der Waals surface area contributed by atoms with Crippen LogP contribution in [0, 0.1) is 0 Å². The summed E-state index contributed by atoms with van der Waals surface area (Å²) < 4.78 is 0. The Hall–Kier alpha value is -1.13. The molecule has 1 aromatic rings. The van der Waals surface area contributed by atoms with E-state index in [1.165, 1.54) is 5.56 Å². The number of nitrogens with one attached hydrogen (secondary N) is 1. The molecule has 1 heterocycles. The molecule has 0 aliphatic carbocycles. The molecular weight excluding hydrogens is 214 g/mol. The van der Waals surface area contributed by atoms with Gasteiger partial charge in [-0.1, -0.05) is 6.07 Å². The molecule has 0 bridgehead atoms. The number of anilines is 1. The van der Waals surface area contributed by atoms with Gasteiger partial charge in [0.15, 0.2) is 0 Å². The number of hydrogen-bond acceptors (Lipinski definition) is 4. The first kappa shape index (κ1) is 13.9. The zero-order valence-electron chi connectivity index (χ0n) is 10.8. The van der Waals surface area contributed by atoms with E-state index in [4.69, 9.17) is 5.11 Å². The van der Waals surface area contributed by atoms with Gasteiger partial charge >= 0.3 is 0 Å². The Morgan fingerprint density at radius 2 is 2.18 bits per heavy atom. The molecule has 4 nitrogen and oxygen atoms in total. The van der Waals surface area contributed by atoms with Crippen LogP contribution in [0.1, 0.15) is 24.8 Å². The minimum absolute atomic E-state index is 0.302. The molecule has 0 fully saturated rings. The number of unbranched alkanes of at least 4 members (excludes halogenated alkanes) is 2. The van der Waals surface area contributed by atoms with Crippen LogP contribution in [-0.2, 0) is 6.54 Å². The van der Waals surface area contributed by atoms with Crippen LogP contribution < -0.4 is 5.32 Å². The average molecular weight is 237 g/mol. The molecule has 0 spiro atoms. The van der Waals surface area contributed by atoms with Crippen molar-refractivity contribution in [2.45, 2.75) is 25.8 Å². The van der Waals surface area contributed by atoms with Gasteiger partial charge in [0.2, 0.25) is 0 Å². The summed E-state index contributed by atoms with van der Waals surface area (Å²) >= 11 is 0. The second kappa shape index (κ2) is 8.03. The monoisotopic (exact) mass is 237 g/mol. The third-order valence-corrected chi connectivity index (χ3v) is 2.77. The lowest BCUT2D eigenvalue weighted by Crippen LogP contribution is -2.20. The Morgan fingerprint density at radius 1 is 1.35 bits per heavy atom. The maximum absolute atomic E-state index is 8.70. The Balaban J connectivity index is 2.36. The molecule has 0 unspecified atom stereocenters. The summed E-state index contributed by atoms with van der Waals surface area (Å²) in [7, 11) is 4.01. The van der Waals surface area contributed by atoms with Gasteiger partial charge in [-0.25, -0.2) is 4.98 Å². The highest BCUT2D eigenvalue weighted by molar-refractivity contribution is 5.42. The molecular formula is C13H23N3O. The summed E-state index contributed by atoms with van der Waals surface area (Å²) in [5, 5.41) is 11.8. The third-order valence-electron chi connectivity index (χ3n) is 2.77. The van der Waals surface area contributed by atoms with Crippen LogP contribution in [0.25, 0.3) is 0 Å². The first-order valence-corrected chi connectivity index (χ1v) is 6.19. The number of rotatable bonds is 8. The van der Waals surface area contributed by atoms with Crippen LogP contribution in [0.5, 0.6) is 0 Å². The van der Waals surface area contributed by atoms with Crippen molar-refractivity contribution in [2.24, 2.45) is 0 Å². The van der Waals surface area contributed by atoms with Gasteiger partial charge in [0.05, 0.1) is 0 Å². The summed E-state index contributed by atoms with van der Waals surface area (Å²) in [4.78, 5) is 6.58. The maximum atomic E-state index is 8.70. The van der Waals surface area contributed by atoms with Crippen molar-refractivity contribution in [3.63, 3.8) is 0 Å². The molecule has 17 heavy (non-hydrogen) atoms. The highest BCUT2D eigenvalue weighted by Gasteiger charge is 2.04. The standard InChI is InChI=1S/C13H23N3O/c1-14-13-12(7-6-8-15-13)11-16(2)9-4-3-5-10-17/h6-8,17H,3-5,9-11H2,1-2H3,(H,14,15). The zero-order chi connectivity index (χ0) is 12.5. The lowest BCUT2D eigenvalue weighted by atomic mass is 10.2. The number of aliphatic hydroxyl groups excluding tert-OH is 1. The molecule has 2 N–H and O–H groups in total. The highest BCUT2D eigenvalue weighted by atomic mass is 16.2. The van der Waals surface area contributed by atoms with Crippen molar-refractivity contribution < 1.29 is 5.11 Å². The van der Waals surface area contributed by atoms with E-state index in [0.29, 0.717) is 6.61 Å². The average Bonchev–Trinajstić information content (AvgIpc) is 2.35. The van der Waals surface area contributed by atoms with E-state index < -0.39 is 0 Å². The van der Waals surface area contributed by atoms with E-state index >= 15 is 0 Å². The Kier molecular flexibility index (Phi) is 6.58.